The summed E-state index contributed by atoms with van der Waals surface area (Å²) < 4.78 is 5.31. The van der Waals surface area contributed by atoms with E-state index in [1.165, 1.54) is 35.1 Å². The predicted octanol–water partition coefficient (Wildman–Crippen LogP) is 5.72. The van der Waals surface area contributed by atoms with Crippen molar-refractivity contribution in [1.82, 2.24) is 0 Å². The topological polar surface area (TPSA) is 9.23 Å². The zero-order chi connectivity index (χ0) is 16.8. The molecule has 1 aromatic heterocycles. The Morgan fingerprint density at radius 2 is 1.43 bits per heavy atom. The van der Waals surface area contributed by atoms with Crippen molar-refractivity contribution in [2.75, 3.05) is 31.8 Å². The molecule has 0 radical (unpaired) electrons. The van der Waals surface area contributed by atoms with Crippen LogP contribution in [0.15, 0.2) is 29.6 Å². The summed E-state index contributed by atoms with van der Waals surface area (Å²) in [6.07, 6.45) is 5.17. The molecule has 1 aromatic carbocycles. The van der Waals surface area contributed by atoms with Crippen LogP contribution in [0.3, 0.4) is 0 Å². The molecule has 2 rings (SSSR count). The third-order valence-corrected chi connectivity index (χ3v) is 11.0. The highest BCUT2D eigenvalue weighted by atomic mass is 32.1. The van der Waals surface area contributed by atoms with Crippen molar-refractivity contribution in [3.05, 3.63) is 29.6 Å². The van der Waals surface area contributed by atoms with E-state index in [9.17, 15) is 0 Å². The zero-order valence-electron chi connectivity index (χ0n) is 14.9. The summed E-state index contributed by atoms with van der Waals surface area (Å²) in [4.78, 5) is 1.51. The lowest BCUT2D eigenvalue weighted by molar-refractivity contribution is 0.415. The molecule has 0 amide bonds. The predicted molar refractivity (Wildman–Crippen MR) is 112 cm³/mol. The van der Waals surface area contributed by atoms with Crippen molar-refractivity contribution in [3.63, 3.8) is 0 Å². The van der Waals surface area contributed by atoms with Crippen molar-refractivity contribution >= 4 is 37.8 Å². The van der Waals surface area contributed by atoms with E-state index in [2.05, 4.69) is 57.3 Å². The van der Waals surface area contributed by atoms with Crippen molar-refractivity contribution in [2.24, 2.45) is 0 Å². The van der Waals surface area contributed by atoms with Gasteiger partial charge in [0.1, 0.15) is 5.75 Å². The SMILES string of the molecule is CCP(CC)c1csc(-c2ccc(OC)cc2)c1P(CC)CC. The van der Waals surface area contributed by atoms with Gasteiger partial charge in [0.05, 0.1) is 7.11 Å². The van der Waals surface area contributed by atoms with Crippen LogP contribution < -0.4 is 15.3 Å². The summed E-state index contributed by atoms with van der Waals surface area (Å²) in [5, 5.41) is 5.86. The van der Waals surface area contributed by atoms with Crippen LogP contribution in [0.25, 0.3) is 10.4 Å². The van der Waals surface area contributed by atoms with Gasteiger partial charge in [-0.3, -0.25) is 0 Å². The molecule has 0 aliphatic carbocycles. The Balaban J connectivity index is 2.53. The molecule has 1 nitrogen and oxygen atoms in total. The first-order chi connectivity index (χ1) is 11.2. The summed E-state index contributed by atoms with van der Waals surface area (Å²) in [7, 11) is 1.70. The second kappa shape index (κ2) is 9.16. The second-order valence-corrected chi connectivity index (χ2v) is 11.9. The van der Waals surface area contributed by atoms with E-state index in [-0.39, 0.29) is 15.8 Å². The molecule has 0 saturated carbocycles. The number of methoxy groups -OCH3 is 1. The minimum atomic E-state index is -0.0393. The molecule has 0 bridgehead atoms. The van der Waals surface area contributed by atoms with Crippen LogP contribution in [0.1, 0.15) is 27.7 Å². The van der Waals surface area contributed by atoms with Crippen LogP contribution in [0.4, 0.5) is 0 Å². The molecule has 4 heteroatoms. The molecule has 0 unspecified atom stereocenters. The van der Waals surface area contributed by atoms with E-state index < -0.39 is 0 Å². The summed E-state index contributed by atoms with van der Waals surface area (Å²) in [6.45, 7) is 9.41. The summed E-state index contributed by atoms with van der Waals surface area (Å²) >= 11 is 1.95. The first-order valence-electron chi connectivity index (χ1n) is 8.45. The lowest BCUT2D eigenvalue weighted by atomic mass is 10.2. The van der Waals surface area contributed by atoms with Gasteiger partial charge in [0.25, 0.3) is 0 Å². The number of thiophene rings is 1. The number of benzene rings is 1. The zero-order valence-corrected chi connectivity index (χ0v) is 17.5. The van der Waals surface area contributed by atoms with Gasteiger partial charge in [-0.2, -0.15) is 0 Å². The first-order valence-corrected chi connectivity index (χ1v) is 12.8. The maximum Gasteiger partial charge on any atom is 0.118 e. The Morgan fingerprint density at radius 1 is 0.870 bits per heavy atom. The minimum Gasteiger partial charge on any atom is -0.497 e. The Labute approximate surface area is 148 Å². The molecule has 0 aliphatic heterocycles. The lowest BCUT2D eigenvalue weighted by Gasteiger charge is -2.21. The smallest absolute Gasteiger partial charge is 0.118 e. The molecule has 0 saturated heterocycles. The molecule has 0 fully saturated rings. The monoisotopic (exact) mass is 366 g/mol. The Kier molecular flexibility index (Phi) is 7.54. The number of hydrogen-bond donors (Lipinski definition) is 0. The Bertz CT molecular complexity index is 598. The molecule has 126 valence electrons. The van der Waals surface area contributed by atoms with Gasteiger partial charge in [0, 0.05) is 10.2 Å². The molecule has 0 spiro atoms. The average molecular weight is 366 g/mol. The average Bonchev–Trinajstić information content (AvgIpc) is 3.02. The lowest BCUT2D eigenvalue weighted by Crippen LogP contribution is -2.22. The number of hydrogen-bond acceptors (Lipinski definition) is 2. The van der Waals surface area contributed by atoms with Crippen molar-refractivity contribution in [3.8, 4) is 16.2 Å². The minimum absolute atomic E-state index is 0.00707. The Morgan fingerprint density at radius 3 is 1.91 bits per heavy atom. The van der Waals surface area contributed by atoms with E-state index in [0.717, 1.165) is 5.75 Å². The number of ether oxygens (including phenoxy) is 1. The highest BCUT2D eigenvalue weighted by Crippen LogP contribution is 2.45. The molecule has 0 aliphatic rings. The fraction of sp³-hybridized carbons (Fsp3) is 0.474. The van der Waals surface area contributed by atoms with Crippen LogP contribution in [0.5, 0.6) is 5.75 Å². The second-order valence-electron chi connectivity index (χ2n) is 5.37. The van der Waals surface area contributed by atoms with Crippen LogP contribution >= 0.6 is 27.2 Å². The molecule has 0 atom stereocenters. The quantitative estimate of drug-likeness (QED) is 0.543. The molecular formula is C19H28OP2S. The molecule has 0 N–H and O–H groups in total. The van der Waals surface area contributed by atoms with Gasteiger partial charge in [0.2, 0.25) is 0 Å². The van der Waals surface area contributed by atoms with E-state index in [1.54, 1.807) is 17.7 Å². The molecule has 2 aromatic rings. The van der Waals surface area contributed by atoms with Gasteiger partial charge in [-0.15, -0.1) is 11.3 Å². The highest BCUT2D eigenvalue weighted by molar-refractivity contribution is 7.73. The fourth-order valence-electron chi connectivity index (χ4n) is 2.92. The summed E-state index contributed by atoms with van der Waals surface area (Å²) in [5.41, 5.74) is 1.36. The molecule has 23 heavy (non-hydrogen) atoms. The van der Waals surface area contributed by atoms with Gasteiger partial charge in [0.15, 0.2) is 0 Å². The van der Waals surface area contributed by atoms with Gasteiger partial charge >= 0.3 is 0 Å². The Hall–Kier alpha value is -0.420. The van der Waals surface area contributed by atoms with Crippen LogP contribution in [0, 0.1) is 0 Å². The van der Waals surface area contributed by atoms with Gasteiger partial charge in [-0.05, 0) is 65.2 Å². The first kappa shape index (κ1) is 18.9. The van der Waals surface area contributed by atoms with Gasteiger partial charge in [-0.1, -0.05) is 43.5 Å². The van der Waals surface area contributed by atoms with Gasteiger partial charge < -0.3 is 4.74 Å². The molecular weight excluding hydrogens is 338 g/mol. The van der Waals surface area contributed by atoms with E-state index in [4.69, 9.17) is 4.74 Å². The highest BCUT2D eigenvalue weighted by Gasteiger charge is 2.23. The molecule has 1 heterocycles. The largest absolute Gasteiger partial charge is 0.497 e. The van der Waals surface area contributed by atoms with Crippen molar-refractivity contribution in [1.29, 1.82) is 0 Å². The van der Waals surface area contributed by atoms with Crippen molar-refractivity contribution in [2.45, 2.75) is 27.7 Å². The number of rotatable bonds is 8. The van der Waals surface area contributed by atoms with E-state index >= 15 is 0 Å². The van der Waals surface area contributed by atoms with Crippen LogP contribution in [0.2, 0.25) is 0 Å². The maximum atomic E-state index is 5.31. The summed E-state index contributed by atoms with van der Waals surface area (Å²) in [5.74, 6) is 0.935. The summed E-state index contributed by atoms with van der Waals surface area (Å²) in [6, 6.07) is 8.61. The van der Waals surface area contributed by atoms with Crippen LogP contribution in [-0.4, -0.2) is 31.8 Å². The third kappa shape index (κ3) is 4.16. The standard InChI is InChI=1S/C19H28OP2S/c1-6-21(7-2)17-14-23-19(18(17)22(8-3)9-4)15-10-12-16(20-5)13-11-15/h10-14H,6-9H2,1-5H3. The fourth-order valence-corrected chi connectivity index (χ4v) is 9.50. The van der Waals surface area contributed by atoms with Crippen molar-refractivity contribution < 1.29 is 4.74 Å². The van der Waals surface area contributed by atoms with E-state index in [1.807, 2.05) is 11.3 Å². The van der Waals surface area contributed by atoms with Crippen LogP contribution in [-0.2, 0) is 0 Å². The third-order valence-electron chi connectivity index (χ3n) is 4.28. The normalized spacial score (nSPS) is 11.4. The maximum absolute atomic E-state index is 5.31. The van der Waals surface area contributed by atoms with Gasteiger partial charge in [-0.25, -0.2) is 0 Å². The van der Waals surface area contributed by atoms with E-state index in [0.29, 0.717) is 0 Å².